The highest BCUT2D eigenvalue weighted by Crippen LogP contribution is 2.18. The van der Waals surface area contributed by atoms with Crippen molar-refractivity contribution in [1.29, 1.82) is 0 Å². The van der Waals surface area contributed by atoms with E-state index in [0.717, 1.165) is 24.4 Å². The van der Waals surface area contributed by atoms with E-state index >= 15 is 0 Å². The lowest BCUT2D eigenvalue weighted by Crippen LogP contribution is -2.30. The second-order valence-electron chi connectivity index (χ2n) is 3.85. The van der Waals surface area contributed by atoms with E-state index < -0.39 is 0 Å². The minimum Gasteiger partial charge on any atom is -0.497 e. The SMILES string of the molecule is COc1ccc(N(C)CCC(N)CO)cc1. The van der Waals surface area contributed by atoms with Gasteiger partial charge in [0.15, 0.2) is 0 Å². The van der Waals surface area contributed by atoms with Gasteiger partial charge in [0.05, 0.1) is 13.7 Å². The summed E-state index contributed by atoms with van der Waals surface area (Å²) in [5, 5.41) is 8.83. The number of hydrogen-bond acceptors (Lipinski definition) is 4. The topological polar surface area (TPSA) is 58.7 Å². The number of rotatable bonds is 6. The van der Waals surface area contributed by atoms with Crippen LogP contribution in [0.4, 0.5) is 5.69 Å². The van der Waals surface area contributed by atoms with Gasteiger partial charge in [0, 0.05) is 25.3 Å². The number of ether oxygens (including phenoxy) is 1. The number of anilines is 1. The number of nitrogens with zero attached hydrogens (tertiary/aromatic N) is 1. The van der Waals surface area contributed by atoms with Crippen molar-refractivity contribution in [2.24, 2.45) is 5.73 Å². The quantitative estimate of drug-likeness (QED) is 0.752. The van der Waals surface area contributed by atoms with E-state index in [4.69, 9.17) is 15.6 Å². The summed E-state index contributed by atoms with van der Waals surface area (Å²) in [5.41, 5.74) is 6.76. The van der Waals surface area contributed by atoms with Gasteiger partial charge < -0.3 is 20.5 Å². The lowest BCUT2D eigenvalue weighted by molar-refractivity contribution is 0.261. The fraction of sp³-hybridized carbons (Fsp3) is 0.500. The summed E-state index contributed by atoms with van der Waals surface area (Å²) in [6.45, 7) is 0.866. The van der Waals surface area contributed by atoms with Crippen molar-refractivity contribution in [1.82, 2.24) is 0 Å². The smallest absolute Gasteiger partial charge is 0.119 e. The normalized spacial score (nSPS) is 12.2. The monoisotopic (exact) mass is 224 g/mol. The minimum atomic E-state index is -0.138. The number of aliphatic hydroxyl groups is 1. The third-order valence-corrected chi connectivity index (χ3v) is 2.58. The average Bonchev–Trinajstić information content (AvgIpc) is 2.35. The predicted molar refractivity (Wildman–Crippen MR) is 65.9 cm³/mol. The number of benzene rings is 1. The Morgan fingerprint density at radius 3 is 2.50 bits per heavy atom. The number of aliphatic hydroxyl groups excluding tert-OH is 1. The molecule has 0 heterocycles. The molecular weight excluding hydrogens is 204 g/mol. The van der Waals surface area contributed by atoms with Gasteiger partial charge in [-0.2, -0.15) is 0 Å². The zero-order chi connectivity index (χ0) is 12.0. The maximum absolute atomic E-state index is 8.83. The van der Waals surface area contributed by atoms with Crippen LogP contribution in [0, 0.1) is 0 Å². The van der Waals surface area contributed by atoms with Gasteiger partial charge >= 0.3 is 0 Å². The first-order valence-electron chi connectivity index (χ1n) is 5.39. The van der Waals surface area contributed by atoms with Crippen molar-refractivity contribution in [2.45, 2.75) is 12.5 Å². The first-order chi connectivity index (χ1) is 7.67. The van der Waals surface area contributed by atoms with Gasteiger partial charge in [-0.15, -0.1) is 0 Å². The molecule has 3 N–H and O–H groups in total. The Morgan fingerprint density at radius 2 is 2.00 bits per heavy atom. The van der Waals surface area contributed by atoms with Gasteiger partial charge in [-0.1, -0.05) is 0 Å². The number of hydrogen-bond donors (Lipinski definition) is 2. The van der Waals surface area contributed by atoms with Crippen LogP contribution < -0.4 is 15.4 Å². The molecule has 4 nitrogen and oxygen atoms in total. The molecule has 0 aromatic heterocycles. The maximum atomic E-state index is 8.83. The molecule has 0 aliphatic carbocycles. The molecule has 16 heavy (non-hydrogen) atoms. The van der Waals surface area contributed by atoms with Gasteiger partial charge in [0.25, 0.3) is 0 Å². The molecule has 0 saturated heterocycles. The van der Waals surface area contributed by atoms with Crippen LogP contribution >= 0.6 is 0 Å². The zero-order valence-electron chi connectivity index (χ0n) is 9.89. The van der Waals surface area contributed by atoms with Gasteiger partial charge in [-0.05, 0) is 30.7 Å². The Bertz CT molecular complexity index is 300. The molecule has 0 amide bonds. The average molecular weight is 224 g/mol. The van der Waals surface area contributed by atoms with E-state index in [0.29, 0.717) is 0 Å². The Hall–Kier alpha value is -1.26. The largest absolute Gasteiger partial charge is 0.497 e. The number of nitrogens with two attached hydrogens (primary N) is 1. The van der Waals surface area contributed by atoms with E-state index in [-0.39, 0.29) is 12.6 Å². The van der Waals surface area contributed by atoms with Crippen molar-refractivity contribution in [2.75, 3.05) is 32.2 Å². The molecule has 0 saturated carbocycles. The highest BCUT2D eigenvalue weighted by molar-refractivity contribution is 5.48. The zero-order valence-corrected chi connectivity index (χ0v) is 9.89. The van der Waals surface area contributed by atoms with Crippen LogP contribution in [0.25, 0.3) is 0 Å². The lowest BCUT2D eigenvalue weighted by Gasteiger charge is -2.21. The molecule has 1 atom stereocenters. The van der Waals surface area contributed by atoms with E-state index in [1.165, 1.54) is 0 Å². The van der Waals surface area contributed by atoms with Crippen LogP contribution in [0.3, 0.4) is 0 Å². The molecule has 4 heteroatoms. The van der Waals surface area contributed by atoms with Gasteiger partial charge in [0.1, 0.15) is 5.75 Å². The molecule has 90 valence electrons. The fourth-order valence-corrected chi connectivity index (χ4v) is 1.42. The van der Waals surface area contributed by atoms with Crippen molar-refractivity contribution in [3.8, 4) is 5.75 Å². The molecule has 1 rings (SSSR count). The lowest BCUT2D eigenvalue weighted by atomic mass is 10.2. The first-order valence-corrected chi connectivity index (χ1v) is 5.39. The maximum Gasteiger partial charge on any atom is 0.119 e. The summed E-state index contributed by atoms with van der Waals surface area (Å²) < 4.78 is 5.09. The molecule has 1 aromatic carbocycles. The van der Waals surface area contributed by atoms with Crippen molar-refractivity contribution >= 4 is 5.69 Å². The molecule has 1 unspecified atom stereocenters. The van der Waals surface area contributed by atoms with Gasteiger partial charge in [-0.25, -0.2) is 0 Å². The molecule has 1 aromatic rings. The van der Waals surface area contributed by atoms with Crippen LogP contribution in [0.5, 0.6) is 5.75 Å². The molecule has 0 aliphatic rings. The molecule has 0 bridgehead atoms. The summed E-state index contributed by atoms with van der Waals surface area (Å²) in [5.74, 6) is 0.851. The van der Waals surface area contributed by atoms with Crippen molar-refractivity contribution < 1.29 is 9.84 Å². The standard InChI is InChI=1S/C12H20N2O2/c1-14(8-7-10(13)9-15)11-3-5-12(16-2)6-4-11/h3-6,10,15H,7-9,13H2,1-2H3. The van der Waals surface area contributed by atoms with Crippen LogP contribution in [-0.4, -0.2) is 38.5 Å². The van der Waals surface area contributed by atoms with Crippen LogP contribution in [0.15, 0.2) is 24.3 Å². The third-order valence-electron chi connectivity index (χ3n) is 2.58. The van der Waals surface area contributed by atoms with Crippen LogP contribution in [-0.2, 0) is 0 Å². The van der Waals surface area contributed by atoms with E-state index in [9.17, 15) is 0 Å². The Kier molecular flexibility index (Phi) is 5.08. The van der Waals surface area contributed by atoms with E-state index in [1.807, 2.05) is 31.3 Å². The fourth-order valence-electron chi connectivity index (χ4n) is 1.42. The molecule has 0 fully saturated rings. The Labute approximate surface area is 96.6 Å². The molecule has 0 spiro atoms. The molecule has 0 radical (unpaired) electrons. The van der Waals surface area contributed by atoms with Gasteiger partial charge in [0.2, 0.25) is 0 Å². The third kappa shape index (κ3) is 3.72. The molecule has 0 aliphatic heterocycles. The number of methoxy groups -OCH3 is 1. The Morgan fingerprint density at radius 1 is 1.38 bits per heavy atom. The van der Waals surface area contributed by atoms with E-state index in [2.05, 4.69) is 4.90 Å². The van der Waals surface area contributed by atoms with Crippen molar-refractivity contribution in [3.05, 3.63) is 24.3 Å². The van der Waals surface area contributed by atoms with Crippen molar-refractivity contribution in [3.63, 3.8) is 0 Å². The summed E-state index contributed by atoms with van der Waals surface area (Å²) >= 11 is 0. The van der Waals surface area contributed by atoms with Crippen LogP contribution in [0.1, 0.15) is 6.42 Å². The predicted octanol–water partition coefficient (Wildman–Crippen LogP) is 0.841. The summed E-state index contributed by atoms with van der Waals surface area (Å²) in [6, 6.07) is 7.73. The highest BCUT2D eigenvalue weighted by atomic mass is 16.5. The summed E-state index contributed by atoms with van der Waals surface area (Å²) in [7, 11) is 3.66. The Balaban J connectivity index is 2.49. The van der Waals surface area contributed by atoms with E-state index in [1.54, 1.807) is 7.11 Å². The molecular formula is C12H20N2O2. The first kappa shape index (κ1) is 12.8. The minimum absolute atomic E-state index is 0.0381. The van der Waals surface area contributed by atoms with Crippen LogP contribution in [0.2, 0.25) is 0 Å². The second-order valence-corrected chi connectivity index (χ2v) is 3.85. The second kappa shape index (κ2) is 6.35. The highest BCUT2D eigenvalue weighted by Gasteiger charge is 2.04. The summed E-state index contributed by atoms with van der Waals surface area (Å²) in [4.78, 5) is 2.11. The van der Waals surface area contributed by atoms with Gasteiger partial charge in [-0.3, -0.25) is 0 Å². The summed E-state index contributed by atoms with van der Waals surface area (Å²) in [6.07, 6.45) is 0.777.